The van der Waals surface area contributed by atoms with Gasteiger partial charge in [-0.1, -0.05) is 11.6 Å². The molecule has 7 heteroatoms. The summed E-state index contributed by atoms with van der Waals surface area (Å²) in [6.45, 7) is 5.47. The van der Waals surface area contributed by atoms with Crippen molar-refractivity contribution in [3.8, 4) is 0 Å². The summed E-state index contributed by atoms with van der Waals surface area (Å²) in [4.78, 5) is 5.58. The van der Waals surface area contributed by atoms with E-state index >= 15 is 0 Å². The van der Waals surface area contributed by atoms with Crippen LogP contribution < -0.4 is 5.32 Å². The number of halogens is 1. The molecule has 0 radical (unpaired) electrons. The van der Waals surface area contributed by atoms with E-state index in [9.17, 15) is 0 Å². The van der Waals surface area contributed by atoms with E-state index in [0.29, 0.717) is 0 Å². The lowest BCUT2D eigenvalue weighted by Crippen LogP contribution is -2.06. The summed E-state index contributed by atoms with van der Waals surface area (Å²) in [5.74, 6) is 0.796. The number of thiophene rings is 1. The zero-order valence-electron chi connectivity index (χ0n) is 12.7. The Morgan fingerprint density at radius 2 is 2.18 bits per heavy atom. The number of nitrogens with zero attached hydrogens (tertiary/aromatic N) is 3. The molecule has 0 amide bonds. The van der Waals surface area contributed by atoms with Crippen molar-refractivity contribution < 1.29 is 4.74 Å². The number of ether oxygens (including phenoxy) is 1. The molecule has 0 atom stereocenters. The predicted molar refractivity (Wildman–Crippen MR) is 92.2 cm³/mol. The predicted octanol–water partition coefficient (Wildman–Crippen LogP) is 3.96. The molecule has 0 saturated carbocycles. The second-order valence-corrected chi connectivity index (χ2v) is 6.50. The summed E-state index contributed by atoms with van der Waals surface area (Å²) in [6, 6.07) is 0. The van der Waals surface area contributed by atoms with Crippen molar-refractivity contribution in [2.24, 2.45) is 0 Å². The third kappa shape index (κ3) is 2.62. The van der Waals surface area contributed by atoms with Crippen LogP contribution in [0.15, 0.2) is 6.20 Å². The summed E-state index contributed by atoms with van der Waals surface area (Å²) in [5.41, 5.74) is 1.91. The van der Waals surface area contributed by atoms with Gasteiger partial charge in [-0.3, -0.25) is 0 Å². The van der Waals surface area contributed by atoms with Gasteiger partial charge in [0.25, 0.3) is 0 Å². The molecule has 22 heavy (non-hydrogen) atoms. The lowest BCUT2D eigenvalue weighted by molar-refractivity contribution is 0.198. The zero-order valence-corrected chi connectivity index (χ0v) is 14.3. The van der Waals surface area contributed by atoms with Crippen molar-refractivity contribution in [2.45, 2.75) is 20.3 Å². The average molecular weight is 337 g/mol. The van der Waals surface area contributed by atoms with Crippen LogP contribution in [0.4, 0.5) is 5.82 Å². The highest BCUT2D eigenvalue weighted by molar-refractivity contribution is 7.26. The molecule has 0 bridgehead atoms. The highest BCUT2D eigenvalue weighted by Crippen LogP contribution is 2.39. The molecule has 0 unspecified atom stereocenters. The molecular formula is C15H17ClN4OS. The van der Waals surface area contributed by atoms with Crippen molar-refractivity contribution in [2.75, 3.05) is 25.6 Å². The fraction of sp³-hybridized carbons (Fsp3) is 0.400. The van der Waals surface area contributed by atoms with E-state index in [4.69, 9.17) is 16.3 Å². The van der Waals surface area contributed by atoms with Crippen molar-refractivity contribution >= 4 is 49.1 Å². The molecule has 116 valence electrons. The highest BCUT2D eigenvalue weighted by atomic mass is 35.5. The third-order valence-corrected chi connectivity index (χ3v) is 5.26. The van der Waals surface area contributed by atoms with Gasteiger partial charge in [0, 0.05) is 31.0 Å². The van der Waals surface area contributed by atoms with Crippen LogP contribution in [-0.4, -0.2) is 35.4 Å². The van der Waals surface area contributed by atoms with Gasteiger partial charge in [0.05, 0.1) is 21.6 Å². The molecule has 3 rings (SSSR count). The lowest BCUT2D eigenvalue weighted by Gasteiger charge is -2.05. The summed E-state index contributed by atoms with van der Waals surface area (Å²) in [6.07, 6.45) is 2.70. The van der Waals surface area contributed by atoms with Gasteiger partial charge in [0.1, 0.15) is 4.83 Å². The van der Waals surface area contributed by atoms with E-state index in [1.165, 1.54) is 0 Å². The molecule has 3 heterocycles. The molecule has 0 aliphatic carbocycles. The van der Waals surface area contributed by atoms with E-state index in [1.807, 2.05) is 13.8 Å². The van der Waals surface area contributed by atoms with Crippen LogP contribution >= 0.6 is 22.9 Å². The molecule has 5 nitrogen and oxygen atoms in total. The molecule has 1 N–H and O–H groups in total. The minimum Gasteiger partial charge on any atom is -0.385 e. The largest absolute Gasteiger partial charge is 0.385 e. The smallest absolute Gasteiger partial charge is 0.166 e. The Kier molecular flexibility index (Phi) is 4.42. The van der Waals surface area contributed by atoms with Crippen LogP contribution in [0, 0.1) is 13.8 Å². The van der Waals surface area contributed by atoms with Gasteiger partial charge in [0.2, 0.25) is 0 Å². The Hall–Kier alpha value is -1.50. The van der Waals surface area contributed by atoms with Crippen LogP contribution in [0.25, 0.3) is 20.3 Å². The number of methoxy groups -OCH3 is 1. The van der Waals surface area contributed by atoms with Crippen molar-refractivity contribution in [3.05, 3.63) is 22.5 Å². The summed E-state index contributed by atoms with van der Waals surface area (Å²) >= 11 is 7.97. The number of fused-ring (bicyclic) bond motifs is 3. The van der Waals surface area contributed by atoms with Crippen molar-refractivity contribution in [3.63, 3.8) is 0 Å². The topological polar surface area (TPSA) is 59.9 Å². The number of hydrogen-bond donors (Lipinski definition) is 1. The minimum absolute atomic E-state index is 0.721. The van der Waals surface area contributed by atoms with Crippen LogP contribution in [0.3, 0.4) is 0 Å². The fourth-order valence-corrected chi connectivity index (χ4v) is 3.83. The van der Waals surface area contributed by atoms with Gasteiger partial charge in [-0.05, 0) is 25.8 Å². The Morgan fingerprint density at radius 3 is 2.95 bits per heavy atom. The number of aryl methyl sites for hydroxylation is 2. The second kappa shape index (κ2) is 6.32. The van der Waals surface area contributed by atoms with Gasteiger partial charge in [-0.15, -0.1) is 16.4 Å². The SMILES string of the molecule is COCCCNc1nncc2c1sc1nc(C)c(Cl)c(C)c12. The monoisotopic (exact) mass is 336 g/mol. The van der Waals surface area contributed by atoms with Crippen molar-refractivity contribution in [1.82, 2.24) is 15.2 Å². The molecule has 0 saturated heterocycles. The molecule has 0 spiro atoms. The van der Waals surface area contributed by atoms with Crippen molar-refractivity contribution in [1.29, 1.82) is 0 Å². The second-order valence-electron chi connectivity index (χ2n) is 5.13. The van der Waals surface area contributed by atoms with E-state index in [0.717, 1.165) is 62.0 Å². The molecule has 0 aliphatic heterocycles. The standard InChI is InChI=1S/C15H17ClN4OS/c1-8-11-10-7-18-20-14(17-5-4-6-21-3)13(10)22-15(11)19-9(2)12(8)16/h7H,4-6H2,1-3H3,(H,17,20). The zero-order chi connectivity index (χ0) is 15.7. The first-order valence-electron chi connectivity index (χ1n) is 7.07. The van der Waals surface area contributed by atoms with Crippen LogP contribution in [0.5, 0.6) is 0 Å². The Bertz CT molecular complexity index is 833. The fourth-order valence-electron chi connectivity index (χ4n) is 2.48. The first-order chi connectivity index (χ1) is 10.6. The maximum Gasteiger partial charge on any atom is 0.166 e. The number of aromatic nitrogens is 3. The van der Waals surface area contributed by atoms with E-state index in [1.54, 1.807) is 24.6 Å². The average Bonchev–Trinajstić information content (AvgIpc) is 2.88. The van der Waals surface area contributed by atoms with E-state index in [-0.39, 0.29) is 0 Å². The van der Waals surface area contributed by atoms with Gasteiger partial charge in [-0.25, -0.2) is 4.98 Å². The van der Waals surface area contributed by atoms with Crippen LogP contribution in [0.1, 0.15) is 17.7 Å². The van der Waals surface area contributed by atoms with Gasteiger partial charge in [-0.2, -0.15) is 5.10 Å². The number of rotatable bonds is 5. The Balaban J connectivity index is 2.09. The lowest BCUT2D eigenvalue weighted by atomic mass is 10.1. The summed E-state index contributed by atoms with van der Waals surface area (Å²) in [7, 11) is 1.70. The highest BCUT2D eigenvalue weighted by Gasteiger charge is 2.16. The molecule has 0 aliphatic rings. The third-order valence-electron chi connectivity index (χ3n) is 3.60. The number of nitrogens with one attached hydrogen (secondary N) is 1. The summed E-state index contributed by atoms with van der Waals surface area (Å²) < 4.78 is 6.13. The minimum atomic E-state index is 0.721. The Labute approximate surface area is 137 Å². The molecule has 0 fully saturated rings. The molecule has 3 aromatic heterocycles. The Morgan fingerprint density at radius 1 is 1.36 bits per heavy atom. The summed E-state index contributed by atoms with van der Waals surface area (Å²) in [5, 5.41) is 14.5. The molecular weight excluding hydrogens is 320 g/mol. The van der Waals surface area contributed by atoms with E-state index in [2.05, 4.69) is 20.5 Å². The normalized spacial score (nSPS) is 11.5. The van der Waals surface area contributed by atoms with Gasteiger partial charge >= 0.3 is 0 Å². The van der Waals surface area contributed by atoms with Gasteiger partial charge in [0.15, 0.2) is 5.82 Å². The first kappa shape index (κ1) is 15.4. The number of hydrogen-bond acceptors (Lipinski definition) is 6. The van der Waals surface area contributed by atoms with Crippen LogP contribution in [-0.2, 0) is 4.74 Å². The van der Waals surface area contributed by atoms with E-state index < -0.39 is 0 Å². The first-order valence-corrected chi connectivity index (χ1v) is 8.26. The number of pyridine rings is 1. The maximum atomic E-state index is 6.35. The number of anilines is 1. The van der Waals surface area contributed by atoms with Gasteiger partial charge < -0.3 is 10.1 Å². The quantitative estimate of drug-likeness (QED) is 0.715. The maximum absolute atomic E-state index is 6.35. The van der Waals surface area contributed by atoms with Crippen LogP contribution in [0.2, 0.25) is 5.02 Å². The molecule has 3 aromatic rings. The molecule has 0 aromatic carbocycles.